The molecule has 0 bridgehead atoms. The lowest BCUT2D eigenvalue weighted by atomic mass is 10.0. The van der Waals surface area contributed by atoms with Gasteiger partial charge in [0.15, 0.2) is 12.4 Å². The lowest BCUT2D eigenvalue weighted by molar-refractivity contribution is -0.384. The highest BCUT2D eigenvalue weighted by molar-refractivity contribution is 6.08. The highest BCUT2D eigenvalue weighted by Crippen LogP contribution is 2.18. The summed E-state index contributed by atoms with van der Waals surface area (Å²) in [4.78, 5) is 34.2. The highest BCUT2D eigenvalue weighted by Gasteiger charge is 2.11. The number of nitro benzene ring substituents is 1. The molecule has 0 amide bonds. The number of hydrogen-bond acceptors (Lipinski definition) is 6. The summed E-state index contributed by atoms with van der Waals surface area (Å²) in [5.74, 6) is -0.170. The van der Waals surface area contributed by atoms with Crippen molar-refractivity contribution in [2.75, 3.05) is 6.61 Å². The molecule has 0 aliphatic rings. The molecule has 0 heterocycles. The molecule has 0 radical (unpaired) electrons. The van der Waals surface area contributed by atoms with Crippen molar-refractivity contribution in [2.24, 2.45) is 0 Å². The highest BCUT2D eigenvalue weighted by atomic mass is 16.6. The molecule has 0 unspecified atom stereocenters. The summed E-state index contributed by atoms with van der Waals surface area (Å²) < 4.78 is 10.4. The molecule has 0 spiro atoms. The van der Waals surface area contributed by atoms with Crippen molar-refractivity contribution in [2.45, 2.75) is 0 Å². The van der Waals surface area contributed by atoms with Crippen molar-refractivity contribution >= 4 is 17.4 Å². The fraction of sp³-hybridized carbons (Fsp3) is 0.0476. The first-order chi connectivity index (χ1) is 13.5. The molecule has 0 aromatic heterocycles. The molecule has 0 N–H and O–H groups in total. The van der Waals surface area contributed by atoms with Crippen LogP contribution in [0.2, 0.25) is 0 Å². The van der Waals surface area contributed by atoms with Gasteiger partial charge in [0.2, 0.25) is 0 Å². The van der Waals surface area contributed by atoms with Crippen LogP contribution < -0.4 is 9.47 Å². The molecular weight excluding hydrogens is 362 g/mol. The first kappa shape index (κ1) is 18.8. The molecule has 0 atom stereocenters. The van der Waals surface area contributed by atoms with E-state index in [9.17, 15) is 19.7 Å². The summed E-state index contributed by atoms with van der Waals surface area (Å²) >= 11 is 0. The molecule has 0 aliphatic carbocycles. The topological polar surface area (TPSA) is 95.7 Å². The molecule has 0 saturated carbocycles. The van der Waals surface area contributed by atoms with E-state index < -0.39 is 10.9 Å². The van der Waals surface area contributed by atoms with E-state index in [2.05, 4.69) is 0 Å². The third kappa shape index (κ3) is 4.79. The maximum absolute atomic E-state index is 12.3. The predicted molar refractivity (Wildman–Crippen MR) is 101 cm³/mol. The summed E-state index contributed by atoms with van der Waals surface area (Å²) in [7, 11) is 0. The van der Waals surface area contributed by atoms with E-state index in [1.165, 1.54) is 24.3 Å². The van der Waals surface area contributed by atoms with Gasteiger partial charge in [0.05, 0.1) is 4.92 Å². The minimum atomic E-state index is -0.654. The van der Waals surface area contributed by atoms with E-state index in [1.54, 1.807) is 48.5 Å². The monoisotopic (exact) mass is 377 g/mol. The van der Waals surface area contributed by atoms with Crippen LogP contribution >= 0.6 is 0 Å². The molecule has 28 heavy (non-hydrogen) atoms. The Hall–Kier alpha value is -4.00. The van der Waals surface area contributed by atoms with Gasteiger partial charge in [-0.1, -0.05) is 30.3 Å². The van der Waals surface area contributed by atoms with Crippen molar-refractivity contribution in [3.8, 4) is 11.5 Å². The van der Waals surface area contributed by atoms with Crippen LogP contribution in [-0.4, -0.2) is 23.3 Å². The minimum absolute atomic E-state index is 0.0961. The average Bonchev–Trinajstić information content (AvgIpc) is 2.73. The maximum atomic E-state index is 12.3. The Kier molecular flexibility index (Phi) is 5.76. The average molecular weight is 377 g/mol. The fourth-order valence-corrected chi connectivity index (χ4v) is 2.40. The number of nitro groups is 1. The molecule has 140 valence electrons. The van der Waals surface area contributed by atoms with E-state index in [4.69, 9.17) is 9.47 Å². The lowest BCUT2D eigenvalue weighted by Crippen LogP contribution is -2.17. The van der Waals surface area contributed by atoms with E-state index in [0.717, 1.165) is 0 Å². The third-order valence-electron chi connectivity index (χ3n) is 3.79. The zero-order chi connectivity index (χ0) is 19.9. The van der Waals surface area contributed by atoms with Gasteiger partial charge in [-0.3, -0.25) is 14.9 Å². The number of ketones is 1. The molecule has 0 saturated heterocycles. The quantitative estimate of drug-likeness (QED) is 0.204. The van der Waals surface area contributed by atoms with Crippen LogP contribution in [-0.2, 0) is 4.79 Å². The molecule has 3 aromatic carbocycles. The van der Waals surface area contributed by atoms with Gasteiger partial charge in [-0.15, -0.1) is 0 Å². The fourth-order valence-electron chi connectivity index (χ4n) is 2.40. The SMILES string of the molecule is O=C(COc1ccc(C(=O)c2ccccc2)cc1)Oc1ccc([N+](=O)[O-])cc1. The third-order valence-corrected chi connectivity index (χ3v) is 3.79. The van der Waals surface area contributed by atoms with E-state index in [1.807, 2.05) is 6.07 Å². The molecule has 7 nitrogen and oxygen atoms in total. The number of nitrogens with zero attached hydrogens (tertiary/aromatic N) is 1. The largest absolute Gasteiger partial charge is 0.482 e. The number of rotatable bonds is 7. The van der Waals surface area contributed by atoms with Crippen LogP contribution in [0, 0.1) is 10.1 Å². The van der Waals surface area contributed by atoms with Crippen molar-refractivity contribution < 1.29 is 24.0 Å². The van der Waals surface area contributed by atoms with E-state index in [-0.39, 0.29) is 23.8 Å². The summed E-state index contributed by atoms with van der Waals surface area (Å²) in [6, 6.07) is 20.5. The molecule has 7 heteroatoms. The van der Waals surface area contributed by atoms with Crippen LogP contribution in [0.4, 0.5) is 5.69 Å². The van der Waals surface area contributed by atoms with Gasteiger partial charge in [0, 0.05) is 23.3 Å². The van der Waals surface area contributed by atoms with Crippen LogP contribution in [0.5, 0.6) is 11.5 Å². The molecule has 3 aromatic rings. The van der Waals surface area contributed by atoms with Crippen LogP contribution in [0.25, 0.3) is 0 Å². The number of hydrogen-bond donors (Lipinski definition) is 0. The Morgan fingerprint density at radius 2 is 1.36 bits per heavy atom. The van der Waals surface area contributed by atoms with E-state index in [0.29, 0.717) is 16.9 Å². The Balaban J connectivity index is 1.53. The Bertz CT molecular complexity index is 982. The Morgan fingerprint density at radius 3 is 1.96 bits per heavy atom. The van der Waals surface area contributed by atoms with Crippen molar-refractivity contribution in [3.63, 3.8) is 0 Å². The lowest BCUT2D eigenvalue weighted by Gasteiger charge is -2.07. The second-order valence-electron chi connectivity index (χ2n) is 5.73. The van der Waals surface area contributed by atoms with Gasteiger partial charge >= 0.3 is 5.97 Å². The van der Waals surface area contributed by atoms with Gasteiger partial charge in [-0.25, -0.2) is 4.79 Å². The van der Waals surface area contributed by atoms with Gasteiger partial charge < -0.3 is 9.47 Å². The van der Waals surface area contributed by atoms with Crippen LogP contribution in [0.1, 0.15) is 15.9 Å². The molecule has 0 aliphatic heterocycles. The summed E-state index contributed by atoms with van der Waals surface area (Å²) in [6.07, 6.45) is 0. The number of ether oxygens (including phenoxy) is 2. The summed E-state index contributed by atoms with van der Waals surface area (Å²) in [5.41, 5.74) is 0.996. The minimum Gasteiger partial charge on any atom is -0.482 e. The first-order valence-corrected chi connectivity index (χ1v) is 8.31. The normalized spacial score (nSPS) is 10.1. The van der Waals surface area contributed by atoms with Crippen molar-refractivity contribution in [1.82, 2.24) is 0 Å². The first-order valence-electron chi connectivity index (χ1n) is 8.31. The number of carbonyl (C=O) groups is 2. The van der Waals surface area contributed by atoms with Gasteiger partial charge in [0.1, 0.15) is 11.5 Å². The Morgan fingerprint density at radius 1 is 0.786 bits per heavy atom. The standard InChI is InChI=1S/C21H15NO6/c23-20(28-19-12-8-17(9-13-19)22(25)26)14-27-18-10-6-16(7-11-18)21(24)15-4-2-1-3-5-15/h1-13H,14H2. The molecule has 3 rings (SSSR count). The second-order valence-corrected chi connectivity index (χ2v) is 5.73. The zero-order valence-electron chi connectivity index (χ0n) is 14.6. The Labute approximate surface area is 160 Å². The zero-order valence-corrected chi connectivity index (χ0v) is 14.6. The smallest absolute Gasteiger partial charge is 0.349 e. The predicted octanol–water partition coefficient (Wildman–Crippen LogP) is 3.81. The van der Waals surface area contributed by atoms with Crippen molar-refractivity contribution in [3.05, 3.63) is 100 Å². The summed E-state index contributed by atoms with van der Waals surface area (Å²) in [5, 5.41) is 10.6. The van der Waals surface area contributed by atoms with Gasteiger partial charge in [0.25, 0.3) is 5.69 Å². The van der Waals surface area contributed by atoms with Gasteiger partial charge in [-0.2, -0.15) is 0 Å². The van der Waals surface area contributed by atoms with Crippen molar-refractivity contribution in [1.29, 1.82) is 0 Å². The number of non-ortho nitro benzene ring substituents is 1. The van der Waals surface area contributed by atoms with Crippen LogP contribution in [0.3, 0.4) is 0 Å². The molecule has 0 fully saturated rings. The molecular formula is C21H15NO6. The number of esters is 1. The number of carbonyl (C=O) groups excluding carboxylic acids is 2. The second kappa shape index (κ2) is 8.59. The maximum Gasteiger partial charge on any atom is 0.349 e. The van der Waals surface area contributed by atoms with Gasteiger partial charge in [-0.05, 0) is 36.4 Å². The van der Waals surface area contributed by atoms with Crippen LogP contribution in [0.15, 0.2) is 78.9 Å². The summed E-state index contributed by atoms with van der Waals surface area (Å²) in [6.45, 7) is -0.344. The number of benzene rings is 3. The van der Waals surface area contributed by atoms with E-state index >= 15 is 0 Å².